The first-order chi connectivity index (χ1) is 6.25. The van der Waals surface area contributed by atoms with Crippen LogP contribution in [0.15, 0.2) is 16.7 Å². The van der Waals surface area contributed by atoms with E-state index in [0.29, 0.717) is 5.56 Å². The third-order valence-corrected chi connectivity index (χ3v) is 2.22. The van der Waals surface area contributed by atoms with Gasteiger partial charge in [0.15, 0.2) is 0 Å². The molecule has 0 aromatic carbocycles. The Bertz CT molecular complexity index is 278. The van der Waals surface area contributed by atoms with Crippen molar-refractivity contribution in [2.24, 2.45) is 0 Å². The lowest BCUT2D eigenvalue weighted by molar-refractivity contribution is 0.108. The molecule has 0 bridgehead atoms. The van der Waals surface area contributed by atoms with Gasteiger partial charge in [0.2, 0.25) is 5.12 Å². The van der Waals surface area contributed by atoms with E-state index in [4.69, 9.17) is 4.42 Å². The maximum Gasteiger partial charge on any atom is 0.219 e. The number of hydrogen-bond acceptors (Lipinski definition) is 2. The highest BCUT2D eigenvalue weighted by Gasteiger charge is 2.10. The molecule has 1 heterocycles. The number of rotatable bonds is 5. The molecule has 0 N–H and O–H groups in total. The highest BCUT2D eigenvalue weighted by atomic mass is 32.1. The van der Waals surface area contributed by atoms with Crippen molar-refractivity contribution in [3.8, 4) is 0 Å². The molecule has 1 aromatic rings. The molecule has 2 nitrogen and oxygen atoms in total. The number of aryl methyl sites for hydroxylation is 1. The Morgan fingerprint density at radius 1 is 1.54 bits per heavy atom. The zero-order valence-electron chi connectivity index (χ0n) is 7.75. The molecule has 1 rings (SSSR count). The summed E-state index contributed by atoms with van der Waals surface area (Å²) >= 11 is 3.77. The summed E-state index contributed by atoms with van der Waals surface area (Å²) in [5.41, 5.74) is 0.611. The lowest BCUT2D eigenvalue weighted by Crippen LogP contribution is -1.93. The highest BCUT2D eigenvalue weighted by molar-refractivity contribution is 7.97. The van der Waals surface area contributed by atoms with Crippen molar-refractivity contribution in [1.82, 2.24) is 0 Å². The number of thiol groups is 1. The molecular weight excluding hydrogens is 184 g/mol. The first-order valence-corrected chi connectivity index (χ1v) is 5.00. The van der Waals surface area contributed by atoms with Crippen LogP contribution in [0.1, 0.15) is 42.3 Å². The maximum atomic E-state index is 11.0. The molecule has 0 aliphatic carbocycles. The summed E-state index contributed by atoms with van der Waals surface area (Å²) in [6.07, 6.45) is 5.79. The molecule has 0 aliphatic heterocycles. The van der Waals surface area contributed by atoms with Gasteiger partial charge in [-0.05, 0) is 12.5 Å². The Hall–Kier alpha value is -0.700. The minimum atomic E-state index is -0.208. The molecule has 0 amide bonds. The van der Waals surface area contributed by atoms with Crippen molar-refractivity contribution >= 4 is 17.7 Å². The van der Waals surface area contributed by atoms with E-state index in [1.807, 2.05) is 0 Å². The third kappa shape index (κ3) is 2.92. The summed E-state index contributed by atoms with van der Waals surface area (Å²) in [7, 11) is 0. The highest BCUT2D eigenvalue weighted by Crippen LogP contribution is 2.15. The summed E-state index contributed by atoms with van der Waals surface area (Å²) in [6.45, 7) is 2.15. The van der Waals surface area contributed by atoms with Gasteiger partial charge in [-0.3, -0.25) is 4.79 Å². The Morgan fingerprint density at radius 3 is 2.92 bits per heavy atom. The van der Waals surface area contributed by atoms with Gasteiger partial charge in [0.25, 0.3) is 0 Å². The standard InChI is InChI=1S/C10H14O2S/c1-2-3-4-5-9-8(10(11)13)6-7-12-9/h6-7H,2-5H2,1H3,(H,11,13). The first-order valence-electron chi connectivity index (χ1n) is 4.55. The summed E-state index contributed by atoms with van der Waals surface area (Å²) in [4.78, 5) is 11.0. The Kier molecular flexibility index (Phi) is 4.09. The lowest BCUT2D eigenvalue weighted by atomic mass is 10.1. The van der Waals surface area contributed by atoms with Crippen LogP contribution in [0.25, 0.3) is 0 Å². The summed E-state index contributed by atoms with van der Waals surface area (Å²) in [5.74, 6) is 0.772. The van der Waals surface area contributed by atoms with E-state index in [2.05, 4.69) is 19.6 Å². The van der Waals surface area contributed by atoms with Crippen molar-refractivity contribution in [2.75, 3.05) is 0 Å². The second-order valence-corrected chi connectivity index (χ2v) is 3.43. The van der Waals surface area contributed by atoms with Crippen molar-refractivity contribution in [3.63, 3.8) is 0 Å². The molecule has 0 fully saturated rings. The van der Waals surface area contributed by atoms with Crippen LogP contribution in [0, 0.1) is 0 Å². The Morgan fingerprint density at radius 2 is 2.31 bits per heavy atom. The second-order valence-electron chi connectivity index (χ2n) is 3.02. The quantitative estimate of drug-likeness (QED) is 0.582. The average Bonchev–Trinajstić information content (AvgIpc) is 2.53. The van der Waals surface area contributed by atoms with E-state index in [-0.39, 0.29) is 5.12 Å². The van der Waals surface area contributed by atoms with E-state index in [0.717, 1.165) is 18.6 Å². The molecule has 0 atom stereocenters. The summed E-state index contributed by atoms with van der Waals surface area (Å²) in [5, 5.41) is -0.208. The fourth-order valence-electron chi connectivity index (χ4n) is 1.26. The molecule has 0 spiro atoms. The van der Waals surface area contributed by atoms with Gasteiger partial charge in [0.1, 0.15) is 5.76 Å². The molecule has 3 heteroatoms. The van der Waals surface area contributed by atoms with Gasteiger partial charge in [-0.1, -0.05) is 19.8 Å². The average molecular weight is 198 g/mol. The third-order valence-electron chi connectivity index (χ3n) is 1.98. The number of hydrogen-bond donors (Lipinski definition) is 1. The number of carbonyl (C=O) groups is 1. The van der Waals surface area contributed by atoms with Gasteiger partial charge in [-0.25, -0.2) is 0 Å². The molecule has 72 valence electrons. The van der Waals surface area contributed by atoms with E-state index in [1.165, 1.54) is 12.8 Å². The van der Waals surface area contributed by atoms with Crippen molar-refractivity contribution in [2.45, 2.75) is 32.6 Å². The fraction of sp³-hybridized carbons (Fsp3) is 0.500. The molecular formula is C10H14O2S. The Labute approximate surface area is 83.7 Å². The van der Waals surface area contributed by atoms with Crippen LogP contribution >= 0.6 is 12.6 Å². The zero-order valence-corrected chi connectivity index (χ0v) is 8.64. The molecule has 0 saturated carbocycles. The van der Waals surface area contributed by atoms with Crippen molar-refractivity contribution in [3.05, 3.63) is 23.7 Å². The van der Waals surface area contributed by atoms with E-state index < -0.39 is 0 Å². The van der Waals surface area contributed by atoms with Gasteiger partial charge < -0.3 is 4.42 Å². The normalized spacial score (nSPS) is 10.3. The van der Waals surface area contributed by atoms with Gasteiger partial charge in [0, 0.05) is 6.42 Å². The predicted molar refractivity (Wildman–Crippen MR) is 55.3 cm³/mol. The van der Waals surface area contributed by atoms with Gasteiger partial charge in [-0.2, -0.15) is 0 Å². The monoisotopic (exact) mass is 198 g/mol. The van der Waals surface area contributed by atoms with Crippen LogP contribution in [0.4, 0.5) is 0 Å². The summed E-state index contributed by atoms with van der Waals surface area (Å²) < 4.78 is 5.20. The van der Waals surface area contributed by atoms with E-state index in [1.54, 1.807) is 12.3 Å². The predicted octanol–water partition coefficient (Wildman–Crippen LogP) is 3.08. The minimum absolute atomic E-state index is 0.208. The number of carbonyl (C=O) groups excluding carboxylic acids is 1. The van der Waals surface area contributed by atoms with Crippen LogP contribution in [0.3, 0.4) is 0 Å². The van der Waals surface area contributed by atoms with E-state index in [9.17, 15) is 4.79 Å². The SMILES string of the molecule is CCCCCc1occc1C(=O)S. The number of furan rings is 1. The second kappa shape index (κ2) is 5.12. The first kappa shape index (κ1) is 10.4. The van der Waals surface area contributed by atoms with Crippen molar-refractivity contribution in [1.29, 1.82) is 0 Å². The molecule has 0 unspecified atom stereocenters. The van der Waals surface area contributed by atoms with Crippen molar-refractivity contribution < 1.29 is 9.21 Å². The Balaban J connectivity index is 2.55. The maximum absolute atomic E-state index is 11.0. The van der Waals surface area contributed by atoms with E-state index >= 15 is 0 Å². The zero-order chi connectivity index (χ0) is 9.68. The van der Waals surface area contributed by atoms with Gasteiger partial charge in [-0.15, -0.1) is 12.6 Å². The van der Waals surface area contributed by atoms with Crippen LogP contribution in [-0.4, -0.2) is 5.12 Å². The van der Waals surface area contributed by atoms with Crippen LogP contribution < -0.4 is 0 Å². The molecule has 0 saturated heterocycles. The fourth-order valence-corrected chi connectivity index (χ4v) is 1.46. The largest absolute Gasteiger partial charge is 0.469 e. The van der Waals surface area contributed by atoms with Gasteiger partial charge >= 0.3 is 0 Å². The smallest absolute Gasteiger partial charge is 0.219 e. The summed E-state index contributed by atoms with van der Waals surface area (Å²) in [6, 6.07) is 1.68. The molecule has 0 aliphatic rings. The van der Waals surface area contributed by atoms with Crippen LogP contribution in [-0.2, 0) is 6.42 Å². The van der Waals surface area contributed by atoms with Gasteiger partial charge in [0.05, 0.1) is 11.8 Å². The minimum Gasteiger partial charge on any atom is -0.469 e. The lowest BCUT2D eigenvalue weighted by Gasteiger charge is -1.97. The topological polar surface area (TPSA) is 30.2 Å². The van der Waals surface area contributed by atoms with Crippen LogP contribution in [0.5, 0.6) is 0 Å². The number of unbranched alkanes of at least 4 members (excludes halogenated alkanes) is 2. The van der Waals surface area contributed by atoms with Crippen LogP contribution in [0.2, 0.25) is 0 Å². The molecule has 0 radical (unpaired) electrons. The molecule has 13 heavy (non-hydrogen) atoms. The molecule has 1 aromatic heterocycles.